The van der Waals surface area contributed by atoms with Crippen LogP contribution < -0.4 is 5.32 Å². The van der Waals surface area contributed by atoms with Crippen LogP contribution in [0.25, 0.3) is 0 Å². The van der Waals surface area contributed by atoms with Gasteiger partial charge in [-0.25, -0.2) is 0 Å². The van der Waals surface area contributed by atoms with Gasteiger partial charge in [0, 0.05) is 6.92 Å². The molecule has 1 atom stereocenters. The van der Waals surface area contributed by atoms with E-state index >= 15 is 0 Å². The van der Waals surface area contributed by atoms with Crippen molar-refractivity contribution in [2.24, 2.45) is 5.92 Å². The van der Waals surface area contributed by atoms with Crippen molar-refractivity contribution >= 4 is 5.91 Å². The zero-order valence-electron chi connectivity index (χ0n) is 7.92. The topological polar surface area (TPSA) is 52.9 Å². The van der Waals surface area contributed by atoms with Crippen LogP contribution in [-0.2, 0) is 4.79 Å². The number of nitrogens with zero attached hydrogens (tertiary/aromatic N) is 1. The number of nitrogens with one attached hydrogen (secondary N) is 1. The van der Waals surface area contributed by atoms with Crippen LogP contribution in [0.3, 0.4) is 0 Å². The summed E-state index contributed by atoms with van der Waals surface area (Å²) in [6.45, 7) is 5.49. The smallest absolute Gasteiger partial charge is 0.217 e. The predicted octanol–water partition coefficient (Wildman–Crippen LogP) is 1.45. The molecule has 1 N–H and O–H groups in total. The molecule has 68 valence electrons. The number of carbonyl (C=O) groups excluding carboxylic acids is 1. The van der Waals surface area contributed by atoms with Gasteiger partial charge >= 0.3 is 0 Å². The second kappa shape index (κ2) is 5.59. The van der Waals surface area contributed by atoms with E-state index in [1.807, 2.05) is 13.8 Å². The number of rotatable bonds is 4. The van der Waals surface area contributed by atoms with Gasteiger partial charge < -0.3 is 5.32 Å². The van der Waals surface area contributed by atoms with Crippen molar-refractivity contribution in [3.63, 3.8) is 0 Å². The molecule has 3 nitrogen and oxygen atoms in total. The summed E-state index contributed by atoms with van der Waals surface area (Å²) in [5.41, 5.74) is 0. The highest BCUT2D eigenvalue weighted by molar-refractivity contribution is 5.73. The first-order valence-electron chi connectivity index (χ1n) is 4.32. The Morgan fingerprint density at radius 3 is 2.25 bits per heavy atom. The van der Waals surface area contributed by atoms with Crippen LogP contribution in [0.15, 0.2) is 0 Å². The molecule has 0 aliphatic heterocycles. The molecule has 0 aromatic heterocycles. The molecule has 0 heterocycles. The minimum absolute atomic E-state index is 0.131. The summed E-state index contributed by atoms with van der Waals surface area (Å²) in [7, 11) is 0. The molecule has 0 fully saturated rings. The average molecular weight is 168 g/mol. The van der Waals surface area contributed by atoms with Gasteiger partial charge in [-0.3, -0.25) is 4.79 Å². The molecular formula is C9H16N2O. The van der Waals surface area contributed by atoms with Crippen molar-refractivity contribution in [2.45, 2.75) is 39.7 Å². The van der Waals surface area contributed by atoms with Crippen LogP contribution in [0, 0.1) is 17.2 Å². The van der Waals surface area contributed by atoms with Crippen molar-refractivity contribution in [3.05, 3.63) is 0 Å². The summed E-state index contributed by atoms with van der Waals surface area (Å²) in [6, 6.07) is 1.78. The van der Waals surface area contributed by atoms with Gasteiger partial charge in [-0.2, -0.15) is 5.26 Å². The van der Waals surface area contributed by atoms with E-state index in [1.54, 1.807) is 0 Å². The standard InChI is InChI=1S/C9H16N2O/c1-4-8(5-2)9(6-10)11-7(3)12/h8-9H,4-5H2,1-3H3,(H,11,12). The largest absolute Gasteiger partial charge is 0.340 e. The van der Waals surface area contributed by atoms with Crippen molar-refractivity contribution in [2.75, 3.05) is 0 Å². The maximum absolute atomic E-state index is 10.7. The van der Waals surface area contributed by atoms with Crippen molar-refractivity contribution in [3.8, 4) is 6.07 Å². The van der Waals surface area contributed by atoms with Crippen molar-refractivity contribution in [1.82, 2.24) is 5.32 Å². The van der Waals surface area contributed by atoms with Crippen LogP contribution >= 0.6 is 0 Å². The van der Waals surface area contributed by atoms with Gasteiger partial charge in [-0.1, -0.05) is 26.7 Å². The Labute approximate surface area is 73.8 Å². The molecule has 0 radical (unpaired) electrons. The quantitative estimate of drug-likeness (QED) is 0.690. The predicted molar refractivity (Wildman–Crippen MR) is 47.3 cm³/mol. The SMILES string of the molecule is CCC(CC)C(C#N)NC(C)=O. The number of hydrogen-bond donors (Lipinski definition) is 1. The third-order valence-corrected chi connectivity index (χ3v) is 2.02. The molecule has 0 aliphatic rings. The van der Waals surface area contributed by atoms with Crippen LogP contribution in [0.5, 0.6) is 0 Å². The third kappa shape index (κ3) is 3.38. The lowest BCUT2D eigenvalue weighted by Gasteiger charge is -2.18. The molecule has 1 unspecified atom stereocenters. The highest BCUT2D eigenvalue weighted by Gasteiger charge is 2.17. The Balaban J connectivity index is 4.13. The summed E-state index contributed by atoms with van der Waals surface area (Å²) in [4.78, 5) is 10.7. The monoisotopic (exact) mass is 168 g/mol. The van der Waals surface area contributed by atoms with Crippen LogP contribution in [0.2, 0.25) is 0 Å². The van der Waals surface area contributed by atoms with Crippen LogP contribution in [0.1, 0.15) is 33.6 Å². The van der Waals surface area contributed by atoms with E-state index in [-0.39, 0.29) is 17.9 Å². The van der Waals surface area contributed by atoms with Crippen LogP contribution in [-0.4, -0.2) is 11.9 Å². The molecule has 12 heavy (non-hydrogen) atoms. The van der Waals surface area contributed by atoms with Crippen molar-refractivity contribution in [1.29, 1.82) is 5.26 Å². The van der Waals surface area contributed by atoms with Gasteiger partial charge in [-0.05, 0) is 5.92 Å². The number of hydrogen-bond acceptors (Lipinski definition) is 2. The molecule has 3 heteroatoms. The van der Waals surface area contributed by atoms with E-state index in [0.717, 1.165) is 12.8 Å². The summed E-state index contributed by atoms with van der Waals surface area (Å²) in [5.74, 6) is 0.146. The van der Waals surface area contributed by atoms with E-state index in [0.29, 0.717) is 0 Å². The lowest BCUT2D eigenvalue weighted by atomic mass is 9.95. The second-order valence-corrected chi connectivity index (χ2v) is 2.88. The highest BCUT2D eigenvalue weighted by atomic mass is 16.1. The minimum Gasteiger partial charge on any atom is -0.340 e. The summed E-state index contributed by atoms with van der Waals surface area (Å²) in [6.07, 6.45) is 1.85. The molecule has 0 spiro atoms. The molecular weight excluding hydrogens is 152 g/mol. The summed E-state index contributed by atoms with van der Waals surface area (Å²) < 4.78 is 0. The Hall–Kier alpha value is -1.04. The van der Waals surface area contributed by atoms with Gasteiger partial charge in [0.1, 0.15) is 6.04 Å². The first kappa shape index (κ1) is 11.0. The van der Waals surface area contributed by atoms with Crippen molar-refractivity contribution < 1.29 is 4.79 Å². The maximum Gasteiger partial charge on any atom is 0.217 e. The lowest BCUT2D eigenvalue weighted by molar-refractivity contribution is -0.119. The van der Waals surface area contributed by atoms with Gasteiger partial charge in [0.2, 0.25) is 5.91 Å². The Morgan fingerprint density at radius 1 is 1.50 bits per heavy atom. The highest BCUT2D eigenvalue weighted by Crippen LogP contribution is 2.12. The fourth-order valence-corrected chi connectivity index (χ4v) is 1.23. The average Bonchev–Trinajstić information content (AvgIpc) is 2.04. The molecule has 0 saturated heterocycles. The number of nitriles is 1. The maximum atomic E-state index is 10.7. The fraction of sp³-hybridized carbons (Fsp3) is 0.778. The zero-order chi connectivity index (χ0) is 9.56. The molecule has 0 aromatic carbocycles. The summed E-state index contributed by atoms with van der Waals surface area (Å²) >= 11 is 0. The molecule has 0 saturated carbocycles. The normalized spacial score (nSPS) is 12.2. The first-order valence-corrected chi connectivity index (χ1v) is 4.32. The number of carbonyl (C=O) groups is 1. The van der Waals surface area contributed by atoms with E-state index in [1.165, 1.54) is 6.92 Å². The molecule has 0 rings (SSSR count). The van der Waals surface area contributed by atoms with Crippen LogP contribution in [0.4, 0.5) is 0 Å². The van der Waals surface area contributed by atoms with Gasteiger partial charge in [0.05, 0.1) is 6.07 Å². The third-order valence-electron chi connectivity index (χ3n) is 2.02. The Bertz CT molecular complexity index is 179. The summed E-state index contributed by atoms with van der Waals surface area (Å²) in [5, 5.41) is 11.4. The lowest BCUT2D eigenvalue weighted by Crippen LogP contribution is -2.37. The van der Waals surface area contributed by atoms with E-state index in [2.05, 4.69) is 11.4 Å². The van der Waals surface area contributed by atoms with E-state index in [9.17, 15) is 4.79 Å². The van der Waals surface area contributed by atoms with Gasteiger partial charge in [0.25, 0.3) is 0 Å². The van der Waals surface area contributed by atoms with Gasteiger partial charge in [-0.15, -0.1) is 0 Å². The van der Waals surface area contributed by atoms with E-state index < -0.39 is 0 Å². The number of amides is 1. The molecule has 0 aromatic rings. The Kier molecular flexibility index (Phi) is 5.11. The molecule has 0 bridgehead atoms. The van der Waals surface area contributed by atoms with Gasteiger partial charge in [0.15, 0.2) is 0 Å². The Morgan fingerprint density at radius 2 is 2.00 bits per heavy atom. The first-order chi connectivity index (χ1) is 5.65. The fourth-order valence-electron chi connectivity index (χ4n) is 1.23. The minimum atomic E-state index is -0.322. The molecule has 0 aliphatic carbocycles. The second-order valence-electron chi connectivity index (χ2n) is 2.88. The zero-order valence-corrected chi connectivity index (χ0v) is 7.92. The molecule has 1 amide bonds. The van der Waals surface area contributed by atoms with E-state index in [4.69, 9.17) is 5.26 Å².